The van der Waals surface area contributed by atoms with Gasteiger partial charge in [-0.25, -0.2) is 15.5 Å². The van der Waals surface area contributed by atoms with Crippen molar-refractivity contribution in [1.82, 2.24) is 9.97 Å². The first kappa shape index (κ1) is 7.43. The molecule has 0 saturated heterocycles. The summed E-state index contributed by atoms with van der Waals surface area (Å²) in [7, 11) is 0. The fourth-order valence-electron chi connectivity index (χ4n) is 0.950. The molecule has 0 saturated carbocycles. The molecule has 0 fully saturated rings. The predicted molar refractivity (Wildman–Crippen MR) is 43.7 cm³/mol. The summed E-state index contributed by atoms with van der Waals surface area (Å²) >= 11 is 0. The van der Waals surface area contributed by atoms with E-state index < -0.39 is 0 Å². The highest BCUT2D eigenvalue weighted by molar-refractivity contribution is 5.75. The molecule has 13 heavy (non-hydrogen) atoms. The van der Waals surface area contributed by atoms with Gasteiger partial charge in [-0.15, -0.1) is 5.11 Å². The van der Waals surface area contributed by atoms with Gasteiger partial charge in [-0.1, -0.05) is 12.1 Å². The molecule has 5 nitrogen and oxygen atoms in total. The van der Waals surface area contributed by atoms with Crippen LogP contribution in [0, 0.1) is 17.7 Å². The molecule has 2 rings (SSSR count). The summed E-state index contributed by atoms with van der Waals surface area (Å²) in [6, 6.07) is 8.50. The van der Waals surface area contributed by atoms with Gasteiger partial charge in [0.25, 0.3) is 5.88 Å². The predicted octanol–water partition coefficient (Wildman–Crippen LogP) is 1.60. The number of nitrogens with zero attached hydrogens (tertiary/aromatic N) is 3. The summed E-state index contributed by atoms with van der Waals surface area (Å²) in [6.45, 7) is 0. The first-order valence-corrected chi connectivity index (χ1v) is 3.47. The average molecular weight is 172 g/mol. The van der Waals surface area contributed by atoms with Crippen LogP contribution in [-0.4, -0.2) is 15.1 Å². The van der Waals surface area contributed by atoms with E-state index in [0.717, 1.165) is 0 Å². The number of aromatic hydroxyl groups is 1. The molecule has 0 aliphatic rings. The Balaban J connectivity index is 2.81. The molecule has 62 valence electrons. The molecule has 0 spiro atoms. The Labute approximate surface area is 73.6 Å². The second-order valence-electron chi connectivity index (χ2n) is 2.33. The first-order valence-electron chi connectivity index (χ1n) is 3.47. The maximum absolute atomic E-state index is 9.20. The van der Waals surface area contributed by atoms with Crippen molar-refractivity contribution >= 4 is 16.9 Å². The van der Waals surface area contributed by atoms with Gasteiger partial charge >= 0.3 is 0 Å². The van der Waals surface area contributed by atoms with Crippen molar-refractivity contribution in [3.05, 3.63) is 24.3 Å². The highest BCUT2D eigenvalue weighted by Gasteiger charge is 2.04. The molecule has 1 heterocycles. The number of hydrogen-bond donors (Lipinski definition) is 2. The van der Waals surface area contributed by atoms with E-state index in [9.17, 15) is 5.11 Å². The summed E-state index contributed by atoms with van der Waals surface area (Å²) < 4.78 is 0. The van der Waals surface area contributed by atoms with Crippen LogP contribution in [0.15, 0.2) is 17.2 Å². The smallest absolute Gasteiger partial charge is 0.259 e. The monoisotopic (exact) mass is 172 g/mol. The van der Waals surface area contributed by atoms with Gasteiger partial charge in [0.05, 0.1) is 0 Å². The third kappa shape index (κ3) is 1.14. The van der Waals surface area contributed by atoms with Gasteiger partial charge in [-0.2, -0.15) is 0 Å². The topological polar surface area (TPSA) is 82.2 Å². The second-order valence-corrected chi connectivity index (χ2v) is 2.33. The number of nitrogens with one attached hydrogen (secondary N) is 1. The molecule has 0 radical (unpaired) electrons. The van der Waals surface area contributed by atoms with E-state index >= 15 is 0 Å². The fraction of sp³-hybridized carbons (Fsp3) is 0. The Morgan fingerprint density at radius 1 is 1.23 bits per heavy atom. The second kappa shape index (κ2) is 2.68. The van der Waals surface area contributed by atoms with Gasteiger partial charge in [-0.05, 0) is 0 Å². The lowest BCUT2D eigenvalue weighted by Crippen LogP contribution is -1.83. The standard InChI is InChI=1S/C8H4N4O/c9-12-7-8(13)11-6-4-2-1-3-5(6)10-7/h3-4,9H,(H,11,13). The molecule has 0 bridgehead atoms. The van der Waals surface area contributed by atoms with Crippen LogP contribution < -0.4 is 0 Å². The highest BCUT2D eigenvalue weighted by atomic mass is 16.3. The number of hydrogen-bond acceptors (Lipinski definition) is 5. The summed E-state index contributed by atoms with van der Waals surface area (Å²) in [5, 5.41) is 12.2. The number of fused-ring (bicyclic) bond motifs is 1. The summed E-state index contributed by atoms with van der Waals surface area (Å²) in [4.78, 5) is 7.65. The van der Waals surface area contributed by atoms with Gasteiger partial charge < -0.3 is 5.11 Å². The van der Waals surface area contributed by atoms with E-state index in [-0.39, 0.29) is 11.7 Å². The van der Waals surface area contributed by atoms with Gasteiger partial charge in [-0.3, -0.25) is 0 Å². The molecular weight excluding hydrogens is 168 g/mol. The zero-order chi connectivity index (χ0) is 9.26. The lowest BCUT2D eigenvalue weighted by Gasteiger charge is -1.96. The van der Waals surface area contributed by atoms with Crippen molar-refractivity contribution in [1.29, 1.82) is 5.53 Å². The highest BCUT2D eigenvalue weighted by Crippen LogP contribution is 2.22. The van der Waals surface area contributed by atoms with E-state index in [1.165, 1.54) is 0 Å². The number of rotatable bonds is 1. The minimum Gasteiger partial charge on any atom is -0.491 e. The van der Waals surface area contributed by atoms with E-state index in [1.54, 1.807) is 12.1 Å². The van der Waals surface area contributed by atoms with Gasteiger partial charge in [0.15, 0.2) is 0 Å². The van der Waals surface area contributed by atoms with Crippen LogP contribution in [0.5, 0.6) is 5.88 Å². The van der Waals surface area contributed by atoms with Crippen molar-refractivity contribution in [3.63, 3.8) is 0 Å². The molecule has 1 aromatic heterocycles. The molecule has 0 amide bonds. The van der Waals surface area contributed by atoms with Crippen LogP contribution in [-0.2, 0) is 0 Å². The zero-order valence-corrected chi connectivity index (χ0v) is 6.44. The van der Waals surface area contributed by atoms with Crippen molar-refractivity contribution in [2.45, 2.75) is 0 Å². The van der Waals surface area contributed by atoms with Crippen LogP contribution in [0.25, 0.3) is 11.0 Å². The van der Waals surface area contributed by atoms with E-state index in [1.807, 2.05) is 0 Å². The molecular formula is C8H4N4O. The Kier molecular flexibility index (Phi) is 1.53. The average Bonchev–Trinajstić information content (AvgIpc) is 2.17. The van der Waals surface area contributed by atoms with Gasteiger partial charge in [0.2, 0.25) is 5.82 Å². The van der Waals surface area contributed by atoms with Crippen molar-refractivity contribution in [3.8, 4) is 5.88 Å². The molecule has 0 aliphatic heterocycles. The zero-order valence-electron chi connectivity index (χ0n) is 6.44. The van der Waals surface area contributed by atoms with Crippen LogP contribution in [0.4, 0.5) is 5.82 Å². The molecule has 1 aromatic carbocycles. The molecule has 2 aromatic rings. The van der Waals surface area contributed by atoms with Crippen molar-refractivity contribution in [2.24, 2.45) is 5.11 Å². The summed E-state index contributed by atoms with van der Waals surface area (Å²) in [5.41, 5.74) is 7.74. The maximum Gasteiger partial charge on any atom is 0.259 e. The minimum atomic E-state index is -0.345. The van der Waals surface area contributed by atoms with Crippen molar-refractivity contribution < 1.29 is 5.11 Å². The molecule has 5 heteroatoms. The maximum atomic E-state index is 9.20. The SMILES string of the molecule is N=Nc1nc2cc#ccc2nc1O. The van der Waals surface area contributed by atoms with Crippen molar-refractivity contribution in [2.75, 3.05) is 0 Å². The van der Waals surface area contributed by atoms with Crippen LogP contribution in [0.2, 0.25) is 0 Å². The Bertz CT molecular complexity index is 469. The summed E-state index contributed by atoms with van der Waals surface area (Å²) in [5.74, 6) is -0.436. The molecule has 0 atom stereocenters. The van der Waals surface area contributed by atoms with Crippen LogP contribution in [0.3, 0.4) is 0 Å². The largest absolute Gasteiger partial charge is 0.491 e. The normalized spacial score (nSPS) is 9.54. The Morgan fingerprint density at radius 3 is 2.46 bits per heavy atom. The van der Waals surface area contributed by atoms with Gasteiger partial charge in [0, 0.05) is 12.1 Å². The lowest BCUT2D eigenvalue weighted by molar-refractivity contribution is 0.454. The fourth-order valence-corrected chi connectivity index (χ4v) is 0.950. The van der Waals surface area contributed by atoms with Crippen LogP contribution >= 0.6 is 0 Å². The number of aromatic nitrogens is 2. The van der Waals surface area contributed by atoms with Gasteiger partial charge in [0.1, 0.15) is 11.0 Å². The third-order valence-electron chi connectivity index (χ3n) is 1.52. The Morgan fingerprint density at radius 2 is 1.85 bits per heavy atom. The first-order chi connectivity index (χ1) is 6.31. The minimum absolute atomic E-state index is 0.0906. The molecule has 0 aliphatic carbocycles. The summed E-state index contributed by atoms with van der Waals surface area (Å²) in [6.07, 6.45) is 0. The third-order valence-corrected chi connectivity index (χ3v) is 1.52. The van der Waals surface area contributed by atoms with E-state index in [4.69, 9.17) is 5.53 Å². The van der Waals surface area contributed by atoms with Crippen LogP contribution in [0.1, 0.15) is 0 Å². The van der Waals surface area contributed by atoms with E-state index in [0.29, 0.717) is 11.0 Å². The molecule has 2 N–H and O–H groups in total. The van der Waals surface area contributed by atoms with E-state index in [2.05, 4.69) is 27.2 Å². The Hall–Kier alpha value is -2.22. The lowest BCUT2D eigenvalue weighted by atomic mass is 10.3. The molecule has 0 unspecified atom stereocenters. The quantitative estimate of drug-likeness (QED) is 0.641.